The zero-order chi connectivity index (χ0) is 10.8. The van der Waals surface area contributed by atoms with Gasteiger partial charge in [-0.3, -0.25) is 0 Å². The summed E-state index contributed by atoms with van der Waals surface area (Å²) in [6.07, 6.45) is 0.0491. The summed E-state index contributed by atoms with van der Waals surface area (Å²) < 4.78 is 22.2. The van der Waals surface area contributed by atoms with Gasteiger partial charge in [-0.15, -0.1) is 0 Å². The lowest BCUT2D eigenvalue weighted by atomic mass is 10.1. The zero-order valence-corrected chi connectivity index (χ0v) is 8.50. The molecule has 0 fully saturated rings. The van der Waals surface area contributed by atoms with Crippen molar-refractivity contribution in [3.05, 3.63) is 29.3 Å². The summed E-state index contributed by atoms with van der Waals surface area (Å²) in [5.41, 5.74) is 1.36. The Hall–Kier alpha value is -1.38. The molecule has 0 aliphatic carbocycles. The lowest BCUT2D eigenvalue weighted by molar-refractivity contribution is 0.597. The van der Waals surface area contributed by atoms with Crippen molar-refractivity contribution in [1.29, 1.82) is 5.26 Å². The van der Waals surface area contributed by atoms with Gasteiger partial charge in [-0.2, -0.15) is 5.26 Å². The maximum atomic E-state index is 11.1. The molecular weight excluding hydrogens is 200 g/mol. The van der Waals surface area contributed by atoms with E-state index in [-0.39, 0.29) is 11.3 Å². The SMILES string of the molecule is Cc1ccc(S(N)(=O)=O)c(CC#N)c1. The molecule has 0 spiro atoms. The van der Waals surface area contributed by atoms with Gasteiger partial charge in [0.05, 0.1) is 17.4 Å². The van der Waals surface area contributed by atoms with Crippen molar-refractivity contribution in [3.8, 4) is 6.07 Å². The molecule has 0 aliphatic rings. The van der Waals surface area contributed by atoms with Crippen molar-refractivity contribution in [3.63, 3.8) is 0 Å². The van der Waals surface area contributed by atoms with E-state index in [2.05, 4.69) is 0 Å². The largest absolute Gasteiger partial charge is 0.238 e. The van der Waals surface area contributed by atoms with E-state index in [1.807, 2.05) is 13.0 Å². The maximum absolute atomic E-state index is 11.1. The molecule has 0 aromatic heterocycles. The number of nitrogens with zero attached hydrogens (tertiary/aromatic N) is 1. The Morgan fingerprint density at radius 2 is 2.14 bits per heavy atom. The predicted molar refractivity (Wildman–Crippen MR) is 51.9 cm³/mol. The van der Waals surface area contributed by atoms with Gasteiger partial charge >= 0.3 is 0 Å². The highest BCUT2D eigenvalue weighted by atomic mass is 32.2. The van der Waals surface area contributed by atoms with E-state index in [4.69, 9.17) is 10.4 Å². The van der Waals surface area contributed by atoms with Crippen molar-refractivity contribution >= 4 is 10.0 Å². The van der Waals surface area contributed by atoms with Gasteiger partial charge in [-0.1, -0.05) is 17.7 Å². The van der Waals surface area contributed by atoms with Crippen LogP contribution in [0.5, 0.6) is 0 Å². The summed E-state index contributed by atoms with van der Waals surface area (Å²) in [5.74, 6) is 0. The third-order valence-corrected chi connectivity index (χ3v) is 2.80. The van der Waals surface area contributed by atoms with Crippen molar-refractivity contribution in [2.45, 2.75) is 18.2 Å². The number of benzene rings is 1. The fourth-order valence-electron chi connectivity index (χ4n) is 1.21. The van der Waals surface area contributed by atoms with E-state index < -0.39 is 10.0 Å². The van der Waals surface area contributed by atoms with Crippen molar-refractivity contribution < 1.29 is 8.42 Å². The van der Waals surface area contributed by atoms with Gasteiger partial charge in [-0.25, -0.2) is 13.6 Å². The lowest BCUT2D eigenvalue weighted by Crippen LogP contribution is -2.14. The average molecular weight is 210 g/mol. The first kappa shape index (κ1) is 10.7. The highest BCUT2D eigenvalue weighted by Gasteiger charge is 2.13. The van der Waals surface area contributed by atoms with Crippen LogP contribution in [-0.4, -0.2) is 8.42 Å². The molecule has 1 rings (SSSR count). The smallest absolute Gasteiger partial charge is 0.225 e. The first-order valence-electron chi connectivity index (χ1n) is 3.94. The number of nitrogens with two attached hydrogens (primary N) is 1. The maximum Gasteiger partial charge on any atom is 0.238 e. The molecule has 4 nitrogen and oxygen atoms in total. The average Bonchev–Trinajstić information content (AvgIpc) is 2.02. The molecule has 0 bridgehead atoms. The Morgan fingerprint density at radius 3 is 2.64 bits per heavy atom. The normalized spacial score (nSPS) is 10.9. The number of rotatable bonds is 2. The molecule has 0 heterocycles. The van der Waals surface area contributed by atoms with Crippen LogP contribution in [0.1, 0.15) is 11.1 Å². The number of aryl methyl sites for hydroxylation is 1. The minimum Gasteiger partial charge on any atom is -0.225 e. The lowest BCUT2D eigenvalue weighted by Gasteiger charge is -2.04. The summed E-state index contributed by atoms with van der Waals surface area (Å²) in [4.78, 5) is 0.0321. The van der Waals surface area contributed by atoms with Gasteiger partial charge in [0.25, 0.3) is 0 Å². The topological polar surface area (TPSA) is 84.0 Å². The molecule has 74 valence electrons. The Bertz CT molecular complexity index is 486. The molecular formula is C9H10N2O2S. The molecule has 2 N–H and O–H groups in total. The highest BCUT2D eigenvalue weighted by Crippen LogP contribution is 2.16. The van der Waals surface area contributed by atoms with Crippen LogP contribution in [-0.2, 0) is 16.4 Å². The number of nitriles is 1. The van der Waals surface area contributed by atoms with Crippen LogP contribution in [0.15, 0.2) is 23.1 Å². The minimum atomic E-state index is -3.72. The van der Waals surface area contributed by atoms with Gasteiger partial charge in [-0.05, 0) is 18.6 Å². The van der Waals surface area contributed by atoms with Gasteiger partial charge in [0.1, 0.15) is 0 Å². The van der Waals surface area contributed by atoms with E-state index in [1.54, 1.807) is 12.1 Å². The molecule has 0 amide bonds. The fourth-order valence-corrected chi connectivity index (χ4v) is 1.96. The van der Waals surface area contributed by atoms with Crippen LogP contribution in [0.2, 0.25) is 0 Å². The molecule has 0 unspecified atom stereocenters. The molecule has 0 radical (unpaired) electrons. The molecule has 0 saturated carbocycles. The summed E-state index contributed by atoms with van der Waals surface area (Å²) >= 11 is 0. The number of primary sulfonamides is 1. The standard InChI is InChI=1S/C9H10N2O2S/c1-7-2-3-9(14(11,12)13)8(6-7)4-5-10/h2-3,6H,4H2,1H3,(H2,11,12,13). The molecule has 5 heteroatoms. The Kier molecular flexibility index (Phi) is 2.89. The third kappa shape index (κ3) is 2.31. The first-order valence-corrected chi connectivity index (χ1v) is 5.49. The fraction of sp³-hybridized carbons (Fsp3) is 0.222. The summed E-state index contributed by atoms with van der Waals surface area (Å²) in [6, 6.07) is 6.64. The van der Waals surface area contributed by atoms with Crippen molar-refractivity contribution in [2.75, 3.05) is 0 Å². The molecule has 1 aromatic carbocycles. The van der Waals surface area contributed by atoms with Crippen LogP contribution in [0.25, 0.3) is 0 Å². The van der Waals surface area contributed by atoms with E-state index in [1.165, 1.54) is 6.07 Å². The first-order chi connectivity index (χ1) is 6.45. The molecule has 0 atom stereocenters. The van der Waals surface area contributed by atoms with E-state index >= 15 is 0 Å². The quantitative estimate of drug-likeness (QED) is 0.780. The monoisotopic (exact) mass is 210 g/mol. The van der Waals surface area contributed by atoms with Gasteiger partial charge in [0.15, 0.2) is 0 Å². The molecule has 0 saturated heterocycles. The third-order valence-electron chi connectivity index (χ3n) is 1.79. The molecule has 14 heavy (non-hydrogen) atoms. The second-order valence-corrected chi connectivity index (χ2v) is 4.52. The highest BCUT2D eigenvalue weighted by molar-refractivity contribution is 7.89. The Labute approximate surface area is 83.0 Å². The number of hydrogen-bond donors (Lipinski definition) is 1. The van der Waals surface area contributed by atoms with Gasteiger partial charge in [0.2, 0.25) is 10.0 Å². The van der Waals surface area contributed by atoms with Crippen molar-refractivity contribution in [2.24, 2.45) is 5.14 Å². The van der Waals surface area contributed by atoms with E-state index in [0.717, 1.165) is 5.56 Å². The predicted octanol–water partition coefficient (Wildman–Crippen LogP) is 0.709. The van der Waals surface area contributed by atoms with E-state index in [9.17, 15) is 8.42 Å². The van der Waals surface area contributed by atoms with Crippen molar-refractivity contribution in [1.82, 2.24) is 0 Å². The van der Waals surface area contributed by atoms with Gasteiger partial charge in [0, 0.05) is 0 Å². The van der Waals surface area contributed by atoms with Crippen LogP contribution in [0.4, 0.5) is 0 Å². The molecule has 0 aliphatic heterocycles. The van der Waals surface area contributed by atoms with Crippen LogP contribution in [0.3, 0.4) is 0 Å². The summed E-state index contributed by atoms with van der Waals surface area (Å²) in [7, 11) is -3.72. The summed E-state index contributed by atoms with van der Waals surface area (Å²) in [5, 5.41) is 13.5. The van der Waals surface area contributed by atoms with Crippen LogP contribution >= 0.6 is 0 Å². The number of hydrogen-bond acceptors (Lipinski definition) is 3. The zero-order valence-electron chi connectivity index (χ0n) is 7.69. The second-order valence-electron chi connectivity index (χ2n) is 2.99. The Balaban J connectivity index is 3.38. The number of sulfonamides is 1. The van der Waals surface area contributed by atoms with Crippen LogP contribution in [0, 0.1) is 18.3 Å². The van der Waals surface area contributed by atoms with Crippen LogP contribution < -0.4 is 5.14 Å². The van der Waals surface area contributed by atoms with Gasteiger partial charge < -0.3 is 0 Å². The van der Waals surface area contributed by atoms with E-state index in [0.29, 0.717) is 5.56 Å². The summed E-state index contributed by atoms with van der Waals surface area (Å²) in [6.45, 7) is 1.83. The molecule has 1 aromatic rings. The Morgan fingerprint density at radius 1 is 1.50 bits per heavy atom. The minimum absolute atomic E-state index is 0.0321. The second kappa shape index (κ2) is 3.78.